The average Bonchev–Trinajstić information content (AvgIpc) is 2.36. The van der Waals surface area contributed by atoms with E-state index in [1.807, 2.05) is 0 Å². The van der Waals surface area contributed by atoms with Crippen LogP contribution in [0.5, 0.6) is 0 Å². The molecule has 0 aromatic carbocycles. The van der Waals surface area contributed by atoms with Crippen molar-refractivity contribution in [2.75, 3.05) is 13.1 Å². The van der Waals surface area contributed by atoms with Crippen LogP contribution in [-0.2, 0) is 9.53 Å². The molecule has 1 aliphatic rings. The number of amides is 2. The van der Waals surface area contributed by atoms with Crippen molar-refractivity contribution in [3.05, 3.63) is 0 Å². The molecule has 2 amide bonds. The molecule has 1 aliphatic heterocycles. The van der Waals surface area contributed by atoms with Crippen LogP contribution in [0.4, 0.5) is 18.0 Å². The van der Waals surface area contributed by atoms with Crippen LogP contribution in [0.15, 0.2) is 0 Å². The maximum Gasteiger partial charge on any atom is 0.411 e. The number of carbonyl (C=O) groups is 2. The van der Waals surface area contributed by atoms with Crippen LogP contribution >= 0.6 is 0 Å². The van der Waals surface area contributed by atoms with Gasteiger partial charge in [-0.2, -0.15) is 13.2 Å². The lowest BCUT2D eigenvalue weighted by molar-refractivity contribution is -0.209. The van der Waals surface area contributed by atoms with Gasteiger partial charge in [-0.25, -0.2) is 4.79 Å². The number of halogens is 3. The Kier molecular flexibility index (Phi) is 5.93. The van der Waals surface area contributed by atoms with Crippen molar-refractivity contribution >= 4 is 12.0 Å². The lowest BCUT2D eigenvalue weighted by Gasteiger charge is -2.43. The van der Waals surface area contributed by atoms with Gasteiger partial charge in [-0.3, -0.25) is 4.79 Å². The molecule has 0 spiro atoms. The molecule has 1 saturated heterocycles. The summed E-state index contributed by atoms with van der Waals surface area (Å²) in [4.78, 5) is 24.8. The zero-order valence-electron chi connectivity index (χ0n) is 14.0. The van der Waals surface area contributed by atoms with E-state index in [0.29, 0.717) is 6.42 Å². The van der Waals surface area contributed by atoms with Crippen molar-refractivity contribution in [3.63, 3.8) is 0 Å². The molecule has 1 fully saturated rings. The van der Waals surface area contributed by atoms with E-state index in [9.17, 15) is 22.8 Å². The summed E-state index contributed by atoms with van der Waals surface area (Å²) < 4.78 is 45.5. The zero-order valence-corrected chi connectivity index (χ0v) is 14.0. The van der Waals surface area contributed by atoms with Crippen LogP contribution in [0.3, 0.4) is 0 Å². The third-order valence-corrected chi connectivity index (χ3v) is 3.67. The first kappa shape index (κ1) is 19.6. The molecule has 1 heterocycles. The van der Waals surface area contributed by atoms with Crippen LogP contribution in [0.25, 0.3) is 0 Å². The molecule has 134 valence electrons. The molecule has 0 aromatic rings. The second-order valence-electron chi connectivity index (χ2n) is 6.85. The number of carbonyl (C=O) groups excluding carboxylic acids is 2. The number of piperidine rings is 1. The second-order valence-corrected chi connectivity index (χ2v) is 6.85. The molecule has 0 unspecified atom stereocenters. The standard InChI is InChI=1S/C15H25F3N2O3/c1-5-6-11(21)19-14(15(16,17)18)7-9-20(10-8-14)12(22)23-13(2,3)4/h5-10H2,1-4H3,(H,19,21). The molecule has 23 heavy (non-hydrogen) atoms. The molecule has 8 heteroatoms. The van der Waals surface area contributed by atoms with Gasteiger partial charge in [0, 0.05) is 19.5 Å². The summed E-state index contributed by atoms with van der Waals surface area (Å²) in [6.45, 7) is 6.59. The monoisotopic (exact) mass is 338 g/mol. The lowest BCUT2D eigenvalue weighted by Crippen LogP contribution is -2.64. The van der Waals surface area contributed by atoms with E-state index in [-0.39, 0.29) is 32.4 Å². The minimum absolute atomic E-state index is 0.0492. The van der Waals surface area contributed by atoms with Gasteiger partial charge >= 0.3 is 12.3 Å². The molecule has 0 aromatic heterocycles. The predicted molar refractivity (Wildman–Crippen MR) is 78.9 cm³/mol. The highest BCUT2D eigenvalue weighted by Gasteiger charge is 2.57. The SMILES string of the molecule is CCCC(=O)NC1(C(F)(F)F)CCN(C(=O)OC(C)(C)C)CC1. The summed E-state index contributed by atoms with van der Waals surface area (Å²) >= 11 is 0. The first-order chi connectivity index (χ1) is 10.4. The van der Waals surface area contributed by atoms with Crippen molar-refractivity contribution < 1.29 is 27.5 Å². The van der Waals surface area contributed by atoms with Crippen LogP contribution < -0.4 is 5.32 Å². The lowest BCUT2D eigenvalue weighted by atomic mass is 9.86. The molecule has 0 atom stereocenters. The van der Waals surface area contributed by atoms with Crippen molar-refractivity contribution in [1.29, 1.82) is 0 Å². The Balaban J connectivity index is 2.77. The van der Waals surface area contributed by atoms with Crippen LogP contribution in [0.2, 0.25) is 0 Å². The Labute approximate surface area is 134 Å². The van der Waals surface area contributed by atoms with E-state index in [1.165, 1.54) is 4.90 Å². The van der Waals surface area contributed by atoms with Gasteiger partial charge in [0.15, 0.2) is 0 Å². The van der Waals surface area contributed by atoms with Crippen molar-refractivity contribution in [2.24, 2.45) is 0 Å². The largest absolute Gasteiger partial charge is 0.444 e. The average molecular weight is 338 g/mol. The van der Waals surface area contributed by atoms with Crippen LogP contribution in [0, 0.1) is 0 Å². The Bertz CT molecular complexity index is 436. The molecule has 1 rings (SSSR count). The Morgan fingerprint density at radius 2 is 1.70 bits per heavy atom. The summed E-state index contributed by atoms with van der Waals surface area (Å²) in [7, 11) is 0. The van der Waals surface area contributed by atoms with Crippen LogP contribution in [0.1, 0.15) is 53.4 Å². The summed E-state index contributed by atoms with van der Waals surface area (Å²) in [5.41, 5.74) is -2.97. The number of nitrogens with zero attached hydrogens (tertiary/aromatic N) is 1. The summed E-state index contributed by atoms with van der Waals surface area (Å²) in [5.74, 6) is -0.615. The van der Waals surface area contributed by atoms with E-state index in [1.54, 1.807) is 27.7 Å². The summed E-state index contributed by atoms with van der Waals surface area (Å²) in [5, 5.41) is 2.14. The number of hydrogen-bond acceptors (Lipinski definition) is 3. The van der Waals surface area contributed by atoms with Gasteiger partial charge in [0.05, 0.1) is 0 Å². The number of alkyl halides is 3. The third kappa shape index (κ3) is 5.28. The number of nitrogens with one attached hydrogen (secondary N) is 1. The fourth-order valence-electron chi connectivity index (χ4n) is 2.43. The minimum Gasteiger partial charge on any atom is -0.444 e. The number of hydrogen-bond donors (Lipinski definition) is 1. The van der Waals surface area contributed by atoms with Crippen molar-refractivity contribution in [3.8, 4) is 0 Å². The number of rotatable bonds is 3. The maximum atomic E-state index is 13.4. The molecule has 0 bridgehead atoms. The third-order valence-electron chi connectivity index (χ3n) is 3.67. The number of likely N-dealkylation sites (tertiary alicyclic amines) is 1. The van der Waals surface area contributed by atoms with Gasteiger partial charge < -0.3 is 15.0 Å². The van der Waals surface area contributed by atoms with Gasteiger partial charge in [-0.05, 0) is 40.0 Å². The topological polar surface area (TPSA) is 58.6 Å². The zero-order chi connectivity index (χ0) is 17.9. The van der Waals surface area contributed by atoms with E-state index in [4.69, 9.17) is 4.74 Å². The molecule has 1 N–H and O–H groups in total. The predicted octanol–water partition coefficient (Wildman–Crippen LogP) is 3.23. The van der Waals surface area contributed by atoms with Gasteiger partial charge in [0.2, 0.25) is 5.91 Å². The van der Waals surface area contributed by atoms with Crippen molar-refractivity contribution in [1.82, 2.24) is 10.2 Å². The maximum absolute atomic E-state index is 13.4. The summed E-state index contributed by atoms with van der Waals surface area (Å²) in [6, 6.07) is 0. The fourth-order valence-corrected chi connectivity index (χ4v) is 2.43. The van der Waals surface area contributed by atoms with Crippen molar-refractivity contribution in [2.45, 2.75) is 70.7 Å². The van der Waals surface area contributed by atoms with E-state index in [2.05, 4.69) is 5.32 Å². The molecule has 0 saturated carbocycles. The highest BCUT2D eigenvalue weighted by molar-refractivity contribution is 5.77. The highest BCUT2D eigenvalue weighted by Crippen LogP contribution is 2.39. The molecular weight excluding hydrogens is 313 g/mol. The van der Waals surface area contributed by atoms with Gasteiger partial charge in [-0.15, -0.1) is 0 Å². The molecular formula is C15H25F3N2O3. The number of ether oxygens (including phenoxy) is 1. The minimum atomic E-state index is -4.56. The smallest absolute Gasteiger partial charge is 0.411 e. The van der Waals surface area contributed by atoms with E-state index < -0.39 is 29.3 Å². The molecule has 0 aliphatic carbocycles. The van der Waals surface area contributed by atoms with Gasteiger partial charge in [-0.1, -0.05) is 6.92 Å². The first-order valence-electron chi connectivity index (χ1n) is 7.76. The van der Waals surface area contributed by atoms with Gasteiger partial charge in [0.25, 0.3) is 0 Å². The van der Waals surface area contributed by atoms with E-state index >= 15 is 0 Å². The van der Waals surface area contributed by atoms with E-state index in [0.717, 1.165) is 0 Å². The first-order valence-corrected chi connectivity index (χ1v) is 7.76. The second kappa shape index (κ2) is 6.97. The Morgan fingerprint density at radius 3 is 2.09 bits per heavy atom. The Hall–Kier alpha value is -1.47. The normalized spacial score (nSPS) is 18.5. The molecule has 0 radical (unpaired) electrons. The molecule has 5 nitrogen and oxygen atoms in total. The fraction of sp³-hybridized carbons (Fsp3) is 0.867. The quantitative estimate of drug-likeness (QED) is 0.859. The Morgan fingerprint density at radius 1 is 1.17 bits per heavy atom. The van der Waals surface area contributed by atoms with Crippen LogP contribution in [-0.4, -0.2) is 47.3 Å². The van der Waals surface area contributed by atoms with Gasteiger partial charge in [0.1, 0.15) is 11.1 Å². The highest BCUT2D eigenvalue weighted by atomic mass is 19.4. The summed E-state index contributed by atoms with van der Waals surface area (Å²) in [6.07, 6.45) is -5.40.